The minimum atomic E-state index is -4.29. The van der Waals surface area contributed by atoms with Gasteiger partial charge < -0.3 is 20.4 Å². The summed E-state index contributed by atoms with van der Waals surface area (Å²) in [6, 6.07) is -2.17. The fourth-order valence-electron chi connectivity index (χ4n) is 1.98. The van der Waals surface area contributed by atoms with Crippen LogP contribution in [0.15, 0.2) is 0 Å². The third kappa shape index (κ3) is 5.76. The zero-order valence-electron chi connectivity index (χ0n) is 11.4. The molecule has 1 aliphatic heterocycles. The van der Waals surface area contributed by atoms with Gasteiger partial charge in [0.25, 0.3) is 0 Å². The summed E-state index contributed by atoms with van der Waals surface area (Å²) in [4.78, 5) is 25.1. The van der Waals surface area contributed by atoms with Crippen LogP contribution in [-0.2, 0) is 4.79 Å². The zero-order chi connectivity index (χ0) is 16.2. The number of halogens is 3. The third-order valence-electron chi connectivity index (χ3n) is 3.09. The van der Waals surface area contributed by atoms with E-state index in [0.717, 1.165) is 0 Å². The molecule has 0 radical (unpaired) electrons. The monoisotopic (exact) mass is 313 g/mol. The Morgan fingerprint density at radius 2 is 1.76 bits per heavy atom. The van der Waals surface area contributed by atoms with Crippen molar-refractivity contribution >= 4 is 12.0 Å². The molecule has 21 heavy (non-hydrogen) atoms. The maximum absolute atomic E-state index is 12.2. The predicted octanol–water partition coefficient (Wildman–Crippen LogP) is -0.290. The molecule has 0 aromatic heterocycles. The van der Waals surface area contributed by atoms with Crippen molar-refractivity contribution in [3.63, 3.8) is 0 Å². The summed E-state index contributed by atoms with van der Waals surface area (Å²) in [5, 5.41) is 20.2. The number of aliphatic carboxylic acids is 1. The Morgan fingerprint density at radius 1 is 1.24 bits per heavy atom. The van der Waals surface area contributed by atoms with E-state index in [4.69, 9.17) is 5.11 Å². The van der Waals surface area contributed by atoms with Crippen LogP contribution in [0.5, 0.6) is 0 Å². The van der Waals surface area contributed by atoms with Crippen molar-refractivity contribution in [1.82, 2.24) is 15.1 Å². The molecule has 1 fully saturated rings. The Hall–Kier alpha value is -1.55. The van der Waals surface area contributed by atoms with Gasteiger partial charge in [0.15, 0.2) is 6.04 Å². The number of carbonyl (C=O) groups is 2. The van der Waals surface area contributed by atoms with Crippen molar-refractivity contribution in [1.29, 1.82) is 0 Å². The number of rotatable bonds is 4. The van der Waals surface area contributed by atoms with Crippen LogP contribution in [0.25, 0.3) is 0 Å². The second kappa shape index (κ2) is 6.94. The highest BCUT2D eigenvalue weighted by Crippen LogP contribution is 2.17. The van der Waals surface area contributed by atoms with Crippen molar-refractivity contribution in [2.24, 2.45) is 0 Å². The molecule has 0 saturated carbocycles. The number of carboxylic acids is 1. The Labute approximate surface area is 119 Å². The minimum absolute atomic E-state index is 0.0549. The van der Waals surface area contributed by atoms with Crippen LogP contribution in [0.2, 0.25) is 0 Å². The summed E-state index contributed by atoms with van der Waals surface area (Å²) in [5.74, 6) is -1.38. The topological polar surface area (TPSA) is 93.1 Å². The van der Waals surface area contributed by atoms with Crippen molar-refractivity contribution in [3.8, 4) is 0 Å². The second-order valence-corrected chi connectivity index (χ2v) is 4.88. The first-order valence-corrected chi connectivity index (χ1v) is 6.35. The normalized spacial score (nSPS) is 20.0. The molecule has 2 atom stereocenters. The van der Waals surface area contributed by atoms with E-state index in [2.05, 4.69) is 5.32 Å². The number of aliphatic hydroxyl groups is 1. The molecule has 2 amide bonds. The van der Waals surface area contributed by atoms with Gasteiger partial charge in [0.1, 0.15) is 0 Å². The number of alkyl halides is 3. The van der Waals surface area contributed by atoms with Crippen LogP contribution in [-0.4, -0.2) is 83.1 Å². The van der Waals surface area contributed by atoms with Crippen molar-refractivity contribution in [3.05, 3.63) is 0 Å². The number of nitrogens with zero attached hydrogens (tertiary/aromatic N) is 2. The molecule has 0 unspecified atom stereocenters. The number of hydrogen-bond donors (Lipinski definition) is 3. The molecule has 0 spiro atoms. The van der Waals surface area contributed by atoms with Crippen molar-refractivity contribution in [2.45, 2.75) is 25.2 Å². The second-order valence-electron chi connectivity index (χ2n) is 4.88. The van der Waals surface area contributed by atoms with Gasteiger partial charge in [-0.05, 0) is 6.92 Å². The van der Waals surface area contributed by atoms with Crippen LogP contribution in [0, 0.1) is 0 Å². The van der Waals surface area contributed by atoms with Crippen LogP contribution >= 0.6 is 0 Å². The van der Waals surface area contributed by atoms with E-state index in [0.29, 0.717) is 0 Å². The van der Waals surface area contributed by atoms with E-state index < -0.39 is 36.9 Å². The Balaban J connectivity index is 2.46. The molecule has 0 aliphatic carbocycles. The fourth-order valence-corrected chi connectivity index (χ4v) is 1.98. The highest BCUT2D eigenvalue weighted by molar-refractivity contribution is 5.83. The Morgan fingerprint density at radius 3 is 2.14 bits per heavy atom. The number of carboxylic acid groups (broad SMARTS) is 1. The number of amides is 2. The minimum Gasteiger partial charge on any atom is -0.480 e. The molecule has 7 nitrogen and oxygen atoms in total. The maximum atomic E-state index is 12.2. The largest absolute Gasteiger partial charge is 0.480 e. The average molecular weight is 313 g/mol. The van der Waals surface area contributed by atoms with Gasteiger partial charge in [-0.15, -0.1) is 0 Å². The van der Waals surface area contributed by atoms with Gasteiger partial charge in [0.05, 0.1) is 12.6 Å². The van der Waals surface area contributed by atoms with E-state index in [1.807, 2.05) is 0 Å². The summed E-state index contributed by atoms with van der Waals surface area (Å²) in [5.41, 5.74) is 0. The van der Waals surface area contributed by atoms with Crippen molar-refractivity contribution < 1.29 is 33.0 Å². The predicted molar refractivity (Wildman–Crippen MR) is 65.7 cm³/mol. The van der Waals surface area contributed by atoms with Gasteiger partial charge in [-0.2, -0.15) is 13.2 Å². The standard InChI is InChI=1S/C11H18F3N3O4/c1-7(18)8(9(19)20)15-10(21)17-4-2-16(3-5-17)6-11(12,13)14/h7-8,18H,2-6H2,1H3,(H,15,21)(H,19,20)/t7-,8+/m1/s1. The highest BCUT2D eigenvalue weighted by atomic mass is 19.4. The summed E-state index contributed by atoms with van der Waals surface area (Å²) >= 11 is 0. The van der Waals surface area contributed by atoms with E-state index >= 15 is 0 Å². The first-order chi connectivity index (χ1) is 9.60. The van der Waals surface area contributed by atoms with Gasteiger partial charge in [-0.25, -0.2) is 9.59 Å². The number of urea groups is 1. The van der Waals surface area contributed by atoms with Gasteiger partial charge in [0, 0.05) is 26.2 Å². The molecule has 0 aromatic rings. The number of nitrogens with one attached hydrogen (secondary N) is 1. The van der Waals surface area contributed by atoms with E-state index in [1.54, 1.807) is 0 Å². The summed E-state index contributed by atoms with van der Waals surface area (Å²) in [6.45, 7) is 0.426. The quantitative estimate of drug-likeness (QED) is 0.663. The van der Waals surface area contributed by atoms with E-state index in [-0.39, 0.29) is 26.2 Å². The molecule has 1 saturated heterocycles. The van der Waals surface area contributed by atoms with Gasteiger partial charge in [-0.1, -0.05) is 0 Å². The summed E-state index contributed by atoms with van der Waals surface area (Å²) in [7, 11) is 0. The van der Waals surface area contributed by atoms with Crippen LogP contribution < -0.4 is 5.32 Å². The van der Waals surface area contributed by atoms with Gasteiger partial charge in [-0.3, -0.25) is 4.90 Å². The molecule has 1 rings (SSSR count). The smallest absolute Gasteiger partial charge is 0.401 e. The average Bonchev–Trinajstić information content (AvgIpc) is 2.33. The van der Waals surface area contributed by atoms with E-state index in [1.165, 1.54) is 16.7 Å². The Kier molecular flexibility index (Phi) is 5.78. The van der Waals surface area contributed by atoms with E-state index in [9.17, 15) is 27.9 Å². The van der Waals surface area contributed by atoms with Crippen LogP contribution in [0.1, 0.15) is 6.92 Å². The lowest BCUT2D eigenvalue weighted by molar-refractivity contribution is -0.148. The summed E-state index contributed by atoms with van der Waals surface area (Å²) < 4.78 is 36.7. The number of piperazine rings is 1. The molecule has 0 bridgehead atoms. The summed E-state index contributed by atoms with van der Waals surface area (Å²) in [6.07, 6.45) is -5.57. The van der Waals surface area contributed by atoms with Crippen molar-refractivity contribution in [2.75, 3.05) is 32.7 Å². The third-order valence-corrected chi connectivity index (χ3v) is 3.09. The van der Waals surface area contributed by atoms with Gasteiger partial charge >= 0.3 is 18.2 Å². The molecular weight excluding hydrogens is 295 g/mol. The highest BCUT2D eigenvalue weighted by Gasteiger charge is 2.33. The molecule has 3 N–H and O–H groups in total. The molecule has 0 aromatic carbocycles. The Bertz CT molecular complexity index is 381. The first kappa shape index (κ1) is 17.5. The molecular formula is C11H18F3N3O4. The maximum Gasteiger partial charge on any atom is 0.401 e. The number of carbonyl (C=O) groups excluding carboxylic acids is 1. The number of hydrogen-bond acceptors (Lipinski definition) is 4. The fraction of sp³-hybridized carbons (Fsp3) is 0.818. The molecule has 122 valence electrons. The van der Waals surface area contributed by atoms with Crippen LogP contribution in [0.4, 0.5) is 18.0 Å². The molecule has 1 heterocycles. The first-order valence-electron chi connectivity index (χ1n) is 6.35. The lowest BCUT2D eigenvalue weighted by atomic mass is 10.2. The zero-order valence-corrected chi connectivity index (χ0v) is 11.4. The lowest BCUT2D eigenvalue weighted by Gasteiger charge is -2.35. The van der Waals surface area contributed by atoms with Crippen LogP contribution in [0.3, 0.4) is 0 Å². The number of aliphatic hydroxyl groups excluding tert-OH is 1. The molecule has 10 heteroatoms. The SMILES string of the molecule is C[C@@H](O)[C@H](NC(=O)N1CCN(CC(F)(F)F)CC1)C(=O)O. The molecule has 1 aliphatic rings. The lowest BCUT2D eigenvalue weighted by Crippen LogP contribution is -2.57. The van der Waals surface area contributed by atoms with Gasteiger partial charge in [0.2, 0.25) is 0 Å².